The van der Waals surface area contributed by atoms with Crippen LogP contribution < -0.4 is 20.3 Å². The lowest BCUT2D eigenvalue weighted by Crippen LogP contribution is -2.34. The van der Waals surface area contributed by atoms with E-state index in [1.807, 2.05) is 36.4 Å². The number of aromatic nitrogens is 1. The van der Waals surface area contributed by atoms with Crippen molar-refractivity contribution in [3.63, 3.8) is 0 Å². The summed E-state index contributed by atoms with van der Waals surface area (Å²) >= 11 is 1.31. The number of methoxy groups -OCH3 is 2. The SMILES string of the molecule is COc1ccc(CCNC(=O)C(C)n2sc3ccccc3c2=O)c(OC)c1. The van der Waals surface area contributed by atoms with E-state index in [9.17, 15) is 9.59 Å². The summed E-state index contributed by atoms with van der Waals surface area (Å²) in [6.45, 7) is 2.19. The fourth-order valence-corrected chi connectivity index (χ4v) is 3.92. The zero-order valence-electron chi connectivity index (χ0n) is 15.5. The van der Waals surface area contributed by atoms with Crippen LogP contribution in [0.3, 0.4) is 0 Å². The smallest absolute Gasteiger partial charge is 0.269 e. The summed E-state index contributed by atoms with van der Waals surface area (Å²) < 4.78 is 13.0. The Kier molecular flexibility index (Phi) is 5.81. The number of carbonyl (C=O) groups is 1. The summed E-state index contributed by atoms with van der Waals surface area (Å²) in [5.41, 5.74) is 0.848. The first kappa shape index (κ1) is 19.0. The van der Waals surface area contributed by atoms with Crippen LogP contribution in [-0.2, 0) is 11.2 Å². The van der Waals surface area contributed by atoms with E-state index < -0.39 is 6.04 Å². The van der Waals surface area contributed by atoms with Gasteiger partial charge in [-0.1, -0.05) is 29.7 Å². The molecule has 0 aliphatic rings. The Morgan fingerprint density at radius 1 is 1.19 bits per heavy atom. The average Bonchev–Trinajstić information content (AvgIpc) is 3.04. The number of ether oxygens (including phenoxy) is 2. The standard InChI is InChI=1S/C20H22N2O4S/c1-13(22-20(24)16-6-4-5-7-18(16)27-22)19(23)21-11-10-14-8-9-15(25-2)12-17(14)26-3/h4-9,12-13H,10-11H2,1-3H3,(H,21,23). The Morgan fingerprint density at radius 3 is 2.67 bits per heavy atom. The van der Waals surface area contributed by atoms with Gasteiger partial charge in [0.1, 0.15) is 17.5 Å². The summed E-state index contributed by atoms with van der Waals surface area (Å²) in [4.78, 5) is 25.0. The summed E-state index contributed by atoms with van der Waals surface area (Å²) in [5, 5.41) is 3.55. The summed E-state index contributed by atoms with van der Waals surface area (Å²) in [6.07, 6.45) is 0.618. The fraction of sp³-hybridized carbons (Fsp3) is 0.300. The van der Waals surface area contributed by atoms with Crippen molar-refractivity contribution in [1.29, 1.82) is 0 Å². The third kappa shape index (κ3) is 3.98. The van der Waals surface area contributed by atoms with Crippen LogP contribution in [0.15, 0.2) is 47.3 Å². The highest BCUT2D eigenvalue weighted by atomic mass is 32.1. The van der Waals surface area contributed by atoms with E-state index in [0.717, 1.165) is 21.8 Å². The predicted molar refractivity (Wildman–Crippen MR) is 107 cm³/mol. The number of hydrogen-bond donors (Lipinski definition) is 1. The number of rotatable bonds is 7. The lowest BCUT2D eigenvalue weighted by molar-refractivity contribution is -0.123. The quantitative estimate of drug-likeness (QED) is 0.678. The zero-order valence-corrected chi connectivity index (χ0v) is 16.3. The molecule has 0 bridgehead atoms. The number of nitrogens with one attached hydrogen (secondary N) is 1. The Bertz CT molecular complexity index is 1010. The lowest BCUT2D eigenvalue weighted by Gasteiger charge is -2.14. The van der Waals surface area contributed by atoms with Crippen LogP contribution in [0.4, 0.5) is 0 Å². The molecule has 0 spiro atoms. The van der Waals surface area contributed by atoms with Gasteiger partial charge in [0.2, 0.25) is 5.91 Å². The molecule has 3 aromatic rings. The van der Waals surface area contributed by atoms with Gasteiger partial charge in [-0.05, 0) is 37.1 Å². The zero-order chi connectivity index (χ0) is 19.4. The number of hydrogen-bond acceptors (Lipinski definition) is 5. The molecule has 3 rings (SSSR count). The third-order valence-electron chi connectivity index (χ3n) is 4.43. The molecule has 142 valence electrons. The molecule has 0 aliphatic carbocycles. The first-order valence-corrected chi connectivity index (χ1v) is 9.41. The molecule has 1 unspecified atom stereocenters. The van der Waals surface area contributed by atoms with Crippen molar-refractivity contribution in [2.75, 3.05) is 20.8 Å². The van der Waals surface area contributed by atoms with Crippen LogP contribution in [-0.4, -0.2) is 30.6 Å². The molecule has 0 fully saturated rings. The number of carbonyl (C=O) groups excluding carboxylic acids is 1. The van der Waals surface area contributed by atoms with Crippen LogP contribution in [0.25, 0.3) is 10.1 Å². The van der Waals surface area contributed by atoms with E-state index in [2.05, 4.69) is 5.32 Å². The van der Waals surface area contributed by atoms with Crippen molar-refractivity contribution in [3.05, 3.63) is 58.4 Å². The van der Waals surface area contributed by atoms with Gasteiger partial charge in [-0.2, -0.15) is 0 Å². The van der Waals surface area contributed by atoms with Crippen LogP contribution in [0.5, 0.6) is 11.5 Å². The minimum atomic E-state index is -0.562. The van der Waals surface area contributed by atoms with Gasteiger partial charge >= 0.3 is 0 Å². The molecule has 27 heavy (non-hydrogen) atoms. The largest absolute Gasteiger partial charge is 0.497 e. The summed E-state index contributed by atoms with van der Waals surface area (Å²) in [7, 11) is 3.21. The Hall–Kier alpha value is -2.80. The normalized spacial score (nSPS) is 12.0. The van der Waals surface area contributed by atoms with Crippen LogP contribution >= 0.6 is 11.5 Å². The minimum Gasteiger partial charge on any atom is -0.497 e. The van der Waals surface area contributed by atoms with E-state index in [4.69, 9.17) is 9.47 Å². The highest BCUT2D eigenvalue weighted by molar-refractivity contribution is 7.14. The molecule has 1 aromatic heterocycles. The van der Waals surface area contributed by atoms with E-state index >= 15 is 0 Å². The van der Waals surface area contributed by atoms with Crippen LogP contribution in [0.2, 0.25) is 0 Å². The molecule has 1 N–H and O–H groups in total. The van der Waals surface area contributed by atoms with Gasteiger partial charge in [-0.3, -0.25) is 13.5 Å². The molecule has 7 heteroatoms. The second-order valence-corrected chi connectivity index (χ2v) is 7.13. The molecular formula is C20H22N2O4S. The first-order chi connectivity index (χ1) is 13.0. The second kappa shape index (κ2) is 8.26. The Morgan fingerprint density at radius 2 is 1.96 bits per heavy atom. The molecule has 0 saturated heterocycles. The van der Waals surface area contributed by atoms with Gasteiger partial charge in [0.05, 0.1) is 24.3 Å². The van der Waals surface area contributed by atoms with Gasteiger partial charge < -0.3 is 14.8 Å². The lowest BCUT2D eigenvalue weighted by atomic mass is 10.1. The van der Waals surface area contributed by atoms with Crippen molar-refractivity contribution in [1.82, 2.24) is 9.27 Å². The monoisotopic (exact) mass is 386 g/mol. The summed E-state index contributed by atoms with van der Waals surface area (Å²) in [5.74, 6) is 1.26. The van der Waals surface area contributed by atoms with Crippen molar-refractivity contribution < 1.29 is 14.3 Å². The summed E-state index contributed by atoms with van der Waals surface area (Å²) in [6, 6.07) is 12.4. The maximum Gasteiger partial charge on any atom is 0.269 e. The minimum absolute atomic E-state index is 0.130. The van der Waals surface area contributed by atoms with Gasteiger partial charge in [0.25, 0.3) is 5.56 Å². The maximum atomic E-state index is 12.5. The third-order valence-corrected chi connectivity index (χ3v) is 5.66. The van der Waals surface area contributed by atoms with E-state index in [1.54, 1.807) is 27.2 Å². The van der Waals surface area contributed by atoms with Crippen molar-refractivity contribution in [2.24, 2.45) is 0 Å². The number of amides is 1. The molecule has 1 atom stereocenters. The van der Waals surface area contributed by atoms with E-state index in [0.29, 0.717) is 18.4 Å². The number of nitrogens with zero attached hydrogens (tertiary/aromatic N) is 1. The Labute approximate surface area is 161 Å². The molecule has 6 nitrogen and oxygen atoms in total. The molecular weight excluding hydrogens is 364 g/mol. The van der Waals surface area contributed by atoms with E-state index in [-0.39, 0.29) is 11.5 Å². The molecule has 1 heterocycles. The predicted octanol–water partition coefficient (Wildman–Crippen LogP) is 3.00. The van der Waals surface area contributed by atoms with Crippen molar-refractivity contribution in [3.8, 4) is 11.5 Å². The molecule has 0 aliphatic heterocycles. The van der Waals surface area contributed by atoms with Crippen LogP contribution in [0, 0.1) is 0 Å². The van der Waals surface area contributed by atoms with Crippen molar-refractivity contribution >= 4 is 27.5 Å². The molecule has 0 saturated carbocycles. The average molecular weight is 386 g/mol. The van der Waals surface area contributed by atoms with Gasteiger partial charge in [-0.25, -0.2) is 0 Å². The van der Waals surface area contributed by atoms with Gasteiger partial charge in [-0.15, -0.1) is 0 Å². The van der Waals surface area contributed by atoms with E-state index in [1.165, 1.54) is 15.5 Å². The Balaban J connectivity index is 1.65. The van der Waals surface area contributed by atoms with Gasteiger partial charge in [0, 0.05) is 12.6 Å². The van der Waals surface area contributed by atoms with Crippen molar-refractivity contribution in [2.45, 2.75) is 19.4 Å². The highest BCUT2D eigenvalue weighted by Crippen LogP contribution is 2.25. The highest BCUT2D eigenvalue weighted by Gasteiger charge is 2.19. The molecule has 1 amide bonds. The number of fused-ring (bicyclic) bond motifs is 1. The molecule has 0 radical (unpaired) electrons. The maximum absolute atomic E-state index is 12.5. The van der Waals surface area contributed by atoms with Crippen LogP contribution in [0.1, 0.15) is 18.5 Å². The number of benzene rings is 2. The first-order valence-electron chi connectivity index (χ1n) is 8.64. The van der Waals surface area contributed by atoms with Gasteiger partial charge in [0.15, 0.2) is 0 Å². The molecule has 2 aromatic carbocycles. The fourth-order valence-electron chi connectivity index (χ4n) is 2.88. The topological polar surface area (TPSA) is 69.6 Å². The second-order valence-electron chi connectivity index (χ2n) is 6.11.